The van der Waals surface area contributed by atoms with Crippen molar-refractivity contribution in [2.75, 3.05) is 26.2 Å². The van der Waals surface area contributed by atoms with Crippen LogP contribution in [0.3, 0.4) is 0 Å². The highest BCUT2D eigenvalue weighted by molar-refractivity contribution is 5.87. The van der Waals surface area contributed by atoms with Crippen LogP contribution in [0.4, 0.5) is 0 Å². The summed E-state index contributed by atoms with van der Waals surface area (Å²) in [4.78, 5) is 28.2. The van der Waals surface area contributed by atoms with E-state index in [0.717, 1.165) is 31.4 Å². The Hall–Kier alpha value is -2.37. The van der Waals surface area contributed by atoms with E-state index in [1.165, 1.54) is 11.6 Å². The molecule has 2 aliphatic heterocycles. The summed E-state index contributed by atoms with van der Waals surface area (Å²) >= 11 is 0. The van der Waals surface area contributed by atoms with E-state index in [1.807, 2.05) is 24.3 Å². The van der Waals surface area contributed by atoms with E-state index in [2.05, 4.69) is 17.8 Å². The summed E-state index contributed by atoms with van der Waals surface area (Å²) in [5.41, 5.74) is 2.25. The number of aromatic nitrogens is 2. The Morgan fingerprint density at radius 1 is 1.25 bits per heavy atom. The van der Waals surface area contributed by atoms with Crippen LogP contribution in [0.1, 0.15) is 24.8 Å². The molecule has 1 aromatic rings. The summed E-state index contributed by atoms with van der Waals surface area (Å²) in [5.74, 6) is 0.197. The summed E-state index contributed by atoms with van der Waals surface area (Å²) in [6.07, 6.45) is 9.73. The summed E-state index contributed by atoms with van der Waals surface area (Å²) in [6, 6.07) is 0. The molecule has 0 atom stereocenters. The van der Waals surface area contributed by atoms with Crippen molar-refractivity contribution in [2.45, 2.75) is 19.3 Å². The first-order chi connectivity index (χ1) is 11.6. The predicted octanol–water partition coefficient (Wildman–Crippen LogP) is 1.46. The van der Waals surface area contributed by atoms with Crippen LogP contribution < -0.4 is 0 Å². The molecular weight excluding hydrogens is 304 g/mol. The van der Waals surface area contributed by atoms with Crippen molar-refractivity contribution >= 4 is 17.4 Å². The van der Waals surface area contributed by atoms with Gasteiger partial charge in [-0.3, -0.25) is 14.3 Å². The highest BCUT2D eigenvalue weighted by Crippen LogP contribution is 2.25. The lowest BCUT2D eigenvalue weighted by Gasteiger charge is -2.35. The zero-order chi connectivity index (χ0) is 17.1. The Morgan fingerprint density at radius 3 is 2.62 bits per heavy atom. The molecule has 1 saturated heterocycles. The van der Waals surface area contributed by atoms with Gasteiger partial charge in [-0.05, 0) is 30.9 Å². The van der Waals surface area contributed by atoms with Gasteiger partial charge in [-0.25, -0.2) is 0 Å². The zero-order valence-electron chi connectivity index (χ0n) is 14.1. The van der Waals surface area contributed by atoms with Gasteiger partial charge in [0.25, 0.3) is 0 Å². The number of nitrogens with zero attached hydrogens (tertiary/aromatic N) is 4. The van der Waals surface area contributed by atoms with E-state index in [9.17, 15) is 9.59 Å². The van der Waals surface area contributed by atoms with E-state index in [1.54, 1.807) is 9.58 Å². The molecule has 3 rings (SSSR count). The molecule has 2 amide bonds. The number of hydrogen-bond donors (Lipinski definition) is 0. The van der Waals surface area contributed by atoms with E-state index in [0.29, 0.717) is 19.6 Å². The molecule has 6 nitrogen and oxygen atoms in total. The summed E-state index contributed by atoms with van der Waals surface area (Å²) in [5, 5.41) is 4.21. The molecule has 0 N–H and O–H groups in total. The fourth-order valence-electron chi connectivity index (χ4n) is 3.46. The lowest BCUT2D eigenvalue weighted by molar-refractivity contribution is -0.138. The molecule has 0 spiro atoms. The van der Waals surface area contributed by atoms with E-state index < -0.39 is 0 Å². The third-order valence-electron chi connectivity index (χ3n) is 4.87. The minimum Gasteiger partial charge on any atom is -0.339 e. The molecule has 2 aliphatic rings. The van der Waals surface area contributed by atoms with Crippen molar-refractivity contribution in [3.05, 3.63) is 36.7 Å². The molecule has 0 unspecified atom stereocenters. The van der Waals surface area contributed by atoms with Gasteiger partial charge in [-0.15, -0.1) is 0 Å². The van der Waals surface area contributed by atoms with Gasteiger partial charge in [-0.2, -0.15) is 5.10 Å². The van der Waals surface area contributed by atoms with Crippen molar-refractivity contribution in [3.63, 3.8) is 0 Å². The fourth-order valence-corrected chi connectivity index (χ4v) is 3.46. The molecule has 24 heavy (non-hydrogen) atoms. The van der Waals surface area contributed by atoms with Crippen molar-refractivity contribution in [2.24, 2.45) is 13.0 Å². The molecule has 128 valence electrons. The third kappa shape index (κ3) is 3.42. The van der Waals surface area contributed by atoms with Gasteiger partial charge in [0.15, 0.2) is 0 Å². The number of amides is 2. The summed E-state index contributed by atoms with van der Waals surface area (Å²) in [7, 11) is 1.90. The Morgan fingerprint density at radius 2 is 2.00 bits per heavy atom. The van der Waals surface area contributed by atoms with Gasteiger partial charge >= 0.3 is 0 Å². The summed E-state index contributed by atoms with van der Waals surface area (Å²) < 4.78 is 1.78. The van der Waals surface area contributed by atoms with Crippen LogP contribution in [0.15, 0.2) is 31.1 Å². The quantitative estimate of drug-likeness (QED) is 0.789. The van der Waals surface area contributed by atoms with Crippen LogP contribution in [0.2, 0.25) is 0 Å². The van der Waals surface area contributed by atoms with Gasteiger partial charge in [0, 0.05) is 50.9 Å². The molecule has 0 aromatic carbocycles. The third-order valence-corrected chi connectivity index (χ3v) is 4.87. The Bertz CT molecular complexity index is 668. The molecule has 6 heteroatoms. The first kappa shape index (κ1) is 16.5. The number of aryl methyl sites for hydroxylation is 1. The standard InChI is InChI=1S/C18H24N4O2/c1-3-17(23)21-9-6-14(7-10-21)18(24)22-8-4-5-15(13-22)16-11-19-20(2)12-16/h3,5,11-12,14H,1,4,6-10,13H2,2H3. The second-order valence-corrected chi connectivity index (χ2v) is 6.48. The largest absolute Gasteiger partial charge is 0.339 e. The summed E-state index contributed by atoms with van der Waals surface area (Å²) in [6.45, 7) is 6.22. The van der Waals surface area contributed by atoms with E-state index >= 15 is 0 Å². The molecular formula is C18H24N4O2. The highest BCUT2D eigenvalue weighted by atomic mass is 16.2. The maximum atomic E-state index is 12.8. The molecule has 1 fully saturated rings. The van der Waals surface area contributed by atoms with Crippen LogP contribution in [-0.4, -0.2) is 57.6 Å². The van der Waals surface area contributed by atoms with Gasteiger partial charge < -0.3 is 9.80 Å². The molecule has 0 saturated carbocycles. The SMILES string of the molecule is C=CC(=O)N1CCC(C(=O)N2CCC=C(c3cnn(C)c3)C2)CC1. The maximum Gasteiger partial charge on any atom is 0.245 e. The lowest BCUT2D eigenvalue weighted by Crippen LogP contribution is -2.45. The van der Waals surface area contributed by atoms with Crippen molar-refractivity contribution in [1.82, 2.24) is 19.6 Å². The average Bonchev–Trinajstić information content (AvgIpc) is 3.07. The molecule has 0 radical (unpaired) electrons. The van der Waals surface area contributed by atoms with Crippen LogP contribution in [0.5, 0.6) is 0 Å². The molecule has 0 bridgehead atoms. The smallest absolute Gasteiger partial charge is 0.245 e. The van der Waals surface area contributed by atoms with E-state index in [-0.39, 0.29) is 17.7 Å². The second-order valence-electron chi connectivity index (χ2n) is 6.48. The number of piperidine rings is 1. The fraction of sp³-hybridized carbons (Fsp3) is 0.500. The van der Waals surface area contributed by atoms with Crippen molar-refractivity contribution < 1.29 is 9.59 Å². The lowest BCUT2D eigenvalue weighted by atomic mass is 9.94. The minimum absolute atomic E-state index is 0.0205. The normalized spacial score (nSPS) is 19.1. The van der Waals surface area contributed by atoms with Gasteiger partial charge in [0.1, 0.15) is 0 Å². The first-order valence-corrected chi connectivity index (χ1v) is 8.46. The van der Waals surface area contributed by atoms with Crippen LogP contribution in [-0.2, 0) is 16.6 Å². The number of hydrogen-bond acceptors (Lipinski definition) is 3. The Labute approximate surface area is 142 Å². The van der Waals surface area contributed by atoms with Gasteiger partial charge in [0.2, 0.25) is 11.8 Å². The number of carbonyl (C=O) groups is 2. The van der Waals surface area contributed by atoms with Crippen molar-refractivity contribution in [3.8, 4) is 0 Å². The number of carbonyl (C=O) groups excluding carboxylic acids is 2. The Kier molecular flexibility index (Phi) is 4.83. The first-order valence-electron chi connectivity index (χ1n) is 8.46. The Balaban J connectivity index is 1.59. The minimum atomic E-state index is -0.0410. The topological polar surface area (TPSA) is 58.4 Å². The van der Waals surface area contributed by atoms with Crippen molar-refractivity contribution in [1.29, 1.82) is 0 Å². The number of rotatable bonds is 3. The van der Waals surface area contributed by atoms with Crippen LogP contribution in [0.25, 0.3) is 5.57 Å². The second kappa shape index (κ2) is 7.03. The van der Waals surface area contributed by atoms with Gasteiger partial charge in [0.05, 0.1) is 6.20 Å². The average molecular weight is 328 g/mol. The zero-order valence-corrected chi connectivity index (χ0v) is 14.1. The monoisotopic (exact) mass is 328 g/mol. The predicted molar refractivity (Wildman–Crippen MR) is 91.9 cm³/mol. The van der Waals surface area contributed by atoms with Gasteiger partial charge in [-0.1, -0.05) is 12.7 Å². The van der Waals surface area contributed by atoms with Crippen LogP contribution in [0, 0.1) is 5.92 Å². The number of likely N-dealkylation sites (tertiary alicyclic amines) is 1. The van der Waals surface area contributed by atoms with Crippen LogP contribution >= 0.6 is 0 Å². The highest BCUT2D eigenvalue weighted by Gasteiger charge is 2.30. The van der Waals surface area contributed by atoms with E-state index in [4.69, 9.17) is 0 Å². The molecule has 0 aliphatic carbocycles. The maximum absolute atomic E-state index is 12.8. The molecule has 1 aromatic heterocycles. The molecule has 3 heterocycles.